The minimum absolute atomic E-state index is 0.826. The number of aromatic nitrogens is 2. The second-order valence-electron chi connectivity index (χ2n) is 4.48. The van der Waals surface area contributed by atoms with Gasteiger partial charge in [-0.25, -0.2) is 9.97 Å². The summed E-state index contributed by atoms with van der Waals surface area (Å²) in [6, 6.07) is 10.5. The minimum Gasteiger partial charge on any atom is -0.310 e. The van der Waals surface area contributed by atoms with Crippen LogP contribution in [0, 0.1) is 13.8 Å². The standard InChI is InChI=1S/C14H15N3/c1-10-9-11(2)16-14(15-10)17-8-7-12-5-3-4-6-13(12)17/h3-6,9H,7-8H2,1-2H3. The van der Waals surface area contributed by atoms with Crippen LogP contribution < -0.4 is 4.90 Å². The second kappa shape index (κ2) is 3.84. The number of hydrogen-bond donors (Lipinski definition) is 0. The van der Waals surface area contributed by atoms with E-state index in [0.717, 1.165) is 30.3 Å². The number of benzene rings is 1. The van der Waals surface area contributed by atoms with Crippen molar-refractivity contribution in [2.45, 2.75) is 20.3 Å². The molecule has 1 aromatic carbocycles. The molecule has 0 radical (unpaired) electrons. The molecule has 2 aromatic rings. The lowest BCUT2D eigenvalue weighted by Crippen LogP contribution is -2.17. The Hall–Kier alpha value is -1.90. The van der Waals surface area contributed by atoms with E-state index in [9.17, 15) is 0 Å². The monoisotopic (exact) mass is 225 g/mol. The van der Waals surface area contributed by atoms with E-state index in [1.165, 1.54) is 11.3 Å². The van der Waals surface area contributed by atoms with Crippen LogP contribution in [0.2, 0.25) is 0 Å². The van der Waals surface area contributed by atoms with E-state index in [1.54, 1.807) is 0 Å². The number of nitrogens with zero attached hydrogens (tertiary/aromatic N) is 3. The van der Waals surface area contributed by atoms with E-state index in [2.05, 4.69) is 39.1 Å². The SMILES string of the molecule is Cc1cc(C)nc(N2CCc3ccccc32)n1. The van der Waals surface area contributed by atoms with Gasteiger partial charge in [-0.1, -0.05) is 18.2 Å². The summed E-state index contributed by atoms with van der Waals surface area (Å²) in [5, 5.41) is 0. The summed E-state index contributed by atoms with van der Waals surface area (Å²) >= 11 is 0. The average Bonchev–Trinajstić information content (AvgIpc) is 2.71. The van der Waals surface area contributed by atoms with Crippen molar-refractivity contribution in [3.05, 3.63) is 47.3 Å². The highest BCUT2D eigenvalue weighted by Gasteiger charge is 2.21. The summed E-state index contributed by atoms with van der Waals surface area (Å²) in [5.74, 6) is 0.826. The van der Waals surface area contributed by atoms with Gasteiger partial charge in [0.05, 0.1) is 0 Å². The molecule has 0 bridgehead atoms. The van der Waals surface area contributed by atoms with Crippen LogP contribution in [0.15, 0.2) is 30.3 Å². The normalized spacial score (nSPS) is 13.9. The summed E-state index contributed by atoms with van der Waals surface area (Å²) in [6.45, 7) is 5.00. The Kier molecular flexibility index (Phi) is 2.32. The fourth-order valence-corrected chi connectivity index (χ4v) is 2.37. The van der Waals surface area contributed by atoms with Gasteiger partial charge in [0.2, 0.25) is 5.95 Å². The lowest BCUT2D eigenvalue weighted by atomic mass is 10.2. The van der Waals surface area contributed by atoms with Crippen molar-refractivity contribution >= 4 is 11.6 Å². The fourth-order valence-electron chi connectivity index (χ4n) is 2.37. The molecule has 0 amide bonds. The van der Waals surface area contributed by atoms with Crippen LogP contribution >= 0.6 is 0 Å². The van der Waals surface area contributed by atoms with Gasteiger partial charge in [0, 0.05) is 23.6 Å². The van der Waals surface area contributed by atoms with Gasteiger partial charge in [-0.05, 0) is 38.0 Å². The van der Waals surface area contributed by atoms with Gasteiger partial charge in [0.1, 0.15) is 0 Å². The molecule has 0 N–H and O–H groups in total. The van der Waals surface area contributed by atoms with Gasteiger partial charge in [0.25, 0.3) is 0 Å². The van der Waals surface area contributed by atoms with Crippen molar-refractivity contribution in [3.63, 3.8) is 0 Å². The van der Waals surface area contributed by atoms with Crippen LogP contribution in [0.3, 0.4) is 0 Å². The maximum atomic E-state index is 4.53. The van der Waals surface area contributed by atoms with E-state index >= 15 is 0 Å². The zero-order valence-electron chi connectivity index (χ0n) is 10.1. The first-order valence-corrected chi connectivity index (χ1v) is 5.92. The molecule has 3 rings (SSSR count). The summed E-state index contributed by atoms with van der Waals surface area (Å²) in [4.78, 5) is 11.3. The maximum Gasteiger partial charge on any atom is 0.230 e. The zero-order chi connectivity index (χ0) is 11.8. The Balaban J connectivity index is 2.06. The molecule has 0 saturated carbocycles. The number of aryl methyl sites for hydroxylation is 2. The fraction of sp³-hybridized carbons (Fsp3) is 0.286. The first kappa shape index (κ1) is 10.3. The van der Waals surface area contributed by atoms with Crippen molar-refractivity contribution in [1.82, 2.24) is 9.97 Å². The van der Waals surface area contributed by atoms with E-state index in [1.807, 2.05) is 19.9 Å². The Labute approximate surface area is 101 Å². The number of anilines is 2. The molecule has 0 aliphatic carbocycles. The molecule has 0 saturated heterocycles. The molecular weight excluding hydrogens is 210 g/mol. The van der Waals surface area contributed by atoms with E-state index in [-0.39, 0.29) is 0 Å². The quantitative estimate of drug-likeness (QED) is 0.747. The third-order valence-corrected chi connectivity index (χ3v) is 3.10. The topological polar surface area (TPSA) is 29.0 Å². The molecule has 1 aliphatic rings. The molecule has 3 heteroatoms. The first-order valence-electron chi connectivity index (χ1n) is 5.92. The Bertz CT molecular complexity index is 543. The third-order valence-electron chi connectivity index (χ3n) is 3.10. The molecule has 86 valence electrons. The molecule has 3 nitrogen and oxygen atoms in total. The molecular formula is C14H15N3. The Morgan fingerprint density at radius 3 is 2.53 bits per heavy atom. The van der Waals surface area contributed by atoms with Crippen LogP contribution in [0.25, 0.3) is 0 Å². The van der Waals surface area contributed by atoms with Crippen LogP contribution in [-0.2, 0) is 6.42 Å². The van der Waals surface area contributed by atoms with Crippen molar-refractivity contribution in [2.75, 3.05) is 11.4 Å². The molecule has 1 aliphatic heterocycles. The molecule has 0 fully saturated rings. The number of rotatable bonds is 1. The first-order chi connectivity index (χ1) is 8.24. The highest BCUT2D eigenvalue weighted by Crippen LogP contribution is 2.32. The van der Waals surface area contributed by atoms with Gasteiger partial charge in [-0.2, -0.15) is 0 Å². The highest BCUT2D eigenvalue weighted by molar-refractivity contribution is 5.65. The van der Waals surface area contributed by atoms with Crippen molar-refractivity contribution in [3.8, 4) is 0 Å². The third kappa shape index (κ3) is 1.78. The largest absolute Gasteiger partial charge is 0.310 e. The van der Waals surface area contributed by atoms with E-state index in [4.69, 9.17) is 0 Å². The molecule has 2 heterocycles. The number of para-hydroxylation sites is 1. The van der Waals surface area contributed by atoms with Crippen molar-refractivity contribution < 1.29 is 0 Å². The number of hydrogen-bond acceptors (Lipinski definition) is 3. The Morgan fingerprint density at radius 1 is 1.06 bits per heavy atom. The number of fused-ring (bicyclic) bond motifs is 1. The summed E-state index contributed by atoms with van der Waals surface area (Å²) < 4.78 is 0. The van der Waals surface area contributed by atoms with Crippen molar-refractivity contribution in [2.24, 2.45) is 0 Å². The predicted molar refractivity (Wildman–Crippen MR) is 68.7 cm³/mol. The summed E-state index contributed by atoms with van der Waals surface area (Å²) in [7, 11) is 0. The second-order valence-corrected chi connectivity index (χ2v) is 4.48. The maximum absolute atomic E-state index is 4.53. The van der Waals surface area contributed by atoms with Crippen LogP contribution in [-0.4, -0.2) is 16.5 Å². The summed E-state index contributed by atoms with van der Waals surface area (Å²) in [6.07, 6.45) is 1.08. The van der Waals surface area contributed by atoms with Gasteiger partial charge < -0.3 is 4.90 Å². The smallest absolute Gasteiger partial charge is 0.230 e. The lowest BCUT2D eigenvalue weighted by Gasteiger charge is -2.17. The molecule has 0 atom stereocenters. The molecule has 1 aromatic heterocycles. The van der Waals surface area contributed by atoms with E-state index < -0.39 is 0 Å². The van der Waals surface area contributed by atoms with Gasteiger partial charge >= 0.3 is 0 Å². The lowest BCUT2D eigenvalue weighted by molar-refractivity contribution is 0.917. The Morgan fingerprint density at radius 2 is 1.76 bits per heavy atom. The van der Waals surface area contributed by atoms with Gasteiger partial charge in [0.15, 0.2) is 0 Å². The molecule has 0 spiro atoms. The molecule has 0 unspecified atom stereocenters. The van der Waals surface area contributed by atoms with Crippen LogP contribution in [0.5, 0.6) is 0 Å². The van der Waals surface area contributed by atoms with E-state index in [0.29, 0.717) is 0 Å². The predicted octanol–water partition coefficient (Wildman–Crippen LogP) is 2.79. The van der Waals surface area contributed by atoms with Gasteiger partial charge in [-0.3, -0.25) is 0 Å². The van der Waals surface area contributed by atoms with Gasteiger partial charge in [-0.15, -0.1) is 0 Å². The summed E-state index contributed by atoms with van der Waals surface area (Å²) in [5.41, 5.74) is 4.68. The van der Waals surface area contributed by atoms with Crippen LogP contribution in [0.4, 0.5) is 11.6 Å². The average molecular weight is 225 g/mol. The van der Waals surface area contributed by atoms with Crippen molar-refractivity contribution in [1.29, 1.82) is 0 Å². The van der Waals surface area contributed by atoms with Crippen LogP contribution in [0.1, 0.15) is 17.0 Å². The highest BCUT2D eigenvalue weighted by atomic mass is 15.3. The minimum atomic E-state index is 0.826. The zero-order valence-corrected chi connectivity index (χ0v) is 10.1. The molecule has 17 heavy (non-hydrogen) atoms.